The van der Waals surface area contributed by atoms with Crippen molar-refractivity contribution in [1.82, 2.24) is 5.32 Å². The molecule has 1 aromatic carbocycles. The summed E-state index contributed by atoms with van der Waals surface area (Å²) in [6, 6.07) is 8.12. The fourth-order valence-electron chi connectivity index (χ4n) is 1.81. The Kier molecular flexibility index (Phi) is 4.42. The first-order chi connectivity index (χ1) is 8.24. The molecule has 1 fully saturated rings. The number of hydrogen-bond acceptors (Lipinski definition) is 1. The summed E-state index contributed by atoms with van der Waals surface area (Å²) in [7, 11) is 0. The highest BCUT2D eigenvalue weighted by atomic mass is 79.9. The third kappa shape index (κ3) is 4.04. The molecule has 17 heavy (non-hydrogen) atoms. The fraction of sp³-hybridized carbons (Fsp3) is 0.462. The lowest BCUT2D eigenvalue weighted by Crippen LogP contribution is -2.37. The second kappa shape index (κ2) is 6.05. The summed E-state index contributed by atoms with van der Waals surface area (Å²) in [4.78, 5) is 4.33. The van der Waals surface area contributed by atoms with Gasteiger partial charge in [-0.2, -0.15) is 0 Å². The molecular formula is C13H18BrN3. The summed E-state index contributed by atoms with van der Waals surface area (Å²) < 4.78 is 1.08. The van der Waals surface area contributed by atoms with E-state index in [1.165, 1.54) is 19.3 Å². The van der Waals surface area contributed by atoms with E-state index in [1.54, 1.807) is 0 Å². The normalized spacial score (nSPS) is 16.6. The second-order valence-corrected chi connectivity index (χ2v) is 5.42. The van der Waals surface area contributed by atoms with Crippen molar-refractivity contribution in [3.05, 3.63) is 34.3 Å². The zero-order valence-corrected chi connectivity index (χ0v) is 11.4. The van der Waals surface area contributed by atoms with Gasteiger partial charge in [0.05, 0.1) is 6.54 Å². The van der Waals surface area contributed by atoms with Crippen LogP contribution in [0.5, 0.6) is 0 Å². The van der Waals surface area contributed by atoms with Gasteiger partial charge in [-0.25, -0.2) is 4.99 Å². The summed E-state index contributed by atoms with van der Waals surface area (Å²) in [6.45, 7) is 1.59. The summed E-state index contributed by atoms with van der Waals surface area (Å²) in [5.41, 5.74) is 6.97. The molecule has 1 aromatic rings. The van der Waals surface area contributed by atoms with Crippen LogP contribution in [0.25, 0.3) is 0 Å². The Balaban J connectivity index is 1.78. The average Bonchev–Trinajstić information content (AvgIpc) is 2.24. The van der Waals surface area contributed by atoms with Crippen LogP contribution in [0.15, 0.2) is 33.7 Å². The monoisotopic (exact) mass is 295 g/mol. The second-order valence-electron chi connectivity index (χ2n) is 4.51. The lowest BCUT2D eigenvalue weighted by atomic mass is 9.85. The highest BCUT2D eigenvalue weighted by Crippen LogP contribution is 2.24. The molecule has 2 rings (SSSR count). The molecule has 4 heteroatoms. The van der Waals surface area contributed by atoms with E-state index in [4.69, 9.17) is 5.73 Å². The predicted octanol–water partition coefficient (Wildman–Crippen LogP) is 2.65. The highest BCUT2D eigenvalue weighted by molar-refractivity contribution is 9.10. The third-order valence-electron chi connectivity index (χ3n) is 3.12. The Morgan fingerprint density at radius 2 is 2.29 bits per heavy atom. The van der Waals surface area contributed by atoms with Crippen LogP contribution in [-0.4, -0.2) is 12.5 Å². The Labute approximate surface area is 111 Å². The standard InChI is InChI=1S/C13H18BrN3/c14-12-6-2-5-11(7-12)9-17-13(15)16-8-10-3-1-4-10/h2,5-7,10H,1,3-4,8-9H2,(H3,15,16,17). The molecule has 92 valence electrons. The van der Waals surface area contributed by atoms with Crippen LogP contribution in [0.4, 0.5) is 0 Å². The SMILES string of the molecule is NC(=NCc1cccc(Br)c1)NCC1CCC1. The Bertz CT molecular complexity index is 399. The predicted molar refractivity (Wildman–Crippen MR) is 74.8 cm³/mol. The molecule has 0 amide bonds. The van der Waals surface area contributed by atoms with E-state index in [0.717, 1.165) is 22.5 Å². The number of nitrogens with zero attached hydrogens (tertiary/aromatic N) is 1. The first kappa shape index (κ1) is 12.4. The van der Waals surface area contributed by atoms with Gasteiger partial charge in [0.2, 0.25) is 0 Å². The lowest BCUT2D eigenvalue weighted by Gasteiger charge is -2.25. The van der Waals surface area contributed by atoms with Gasteiger partial charge in [0, 0.05) is 11.0 Å². The first-order valence-corrected chi connectivity index (χ1v) is 6.81. The number of hydrogen-bond donors (Lipinski definition) is 2. The molecule has 0 aliphatic heterocycles. The van der Waals surface area contributed by atoms with Gasteiger partial charge in [0.25, 0.3) is 0 Å². The van der Waals surface area contributed by atoms with E-state index in [1.807, 2.05) is 18.2 Å². The first-order valence-electron chi connectivity index (χ1n) is 6.02. The summed E-state index contributed by atoms with van der Waals surface area (Å²) >= 11 is 3.44. The maximum Gasteiger partial charge on any atom is 0.188 e. The van der Waals surface area contributed by atoms with Crippen LogP contribution in [0, 0.1) is 5.92 Å². The van der Waals surface area contributed by atoms with E-state index < -0.39 is 0 Å². The van der Waals surface area contributed by atoms with Gasteiger partial charge < -0.3 is 11.1 Å². The zero-order valence-electron chi connectivity index (χ0n) is 9.82. The number of halogens is 1. The Morgan fingerprint density at radius 1 is 1.47 bits per heavy atom. The van der Waals surface area contributed by atoms with Gasteiger partial charge in [-0.3, -0.25) is 0 Å². The van der Waals surface area contributed by atoms with Gasteiger partial charge in [-0.15, -0.1) is 0 Å². The lowest BCUT2D eigenvalue weighted by molar-refractivity contribution is 0.315. The molecule has 0 aromatic heterocycles. The van der Waals surface area contributed by atoms with Crippen LogP contribution in [0.3, 0.4) is 0 Å². The van der Waals surface area contributed by atoms with Gasteiger partial charge in [0.15, 0.2) is 5.96 Å². The minimum absolute atomic E-state index is 0.553. The Hall–Kier alpha value is -1.03. The minimum atomic E-state index is 0.553. The highest BCUT2D eigenvalue weighted by Gasteiger charge is 2.16. The molecule has 1 saturated carbocycles. The van der Waals surface area contributed by atoms with E-state index in [2.05, 4.69) is 32.3 Å². The average molecular weight is 296 g/mol. The molecule has 3 N–H and O–H groups in total. The molecule has 0 heterocycles. The van der Waals surface area contributed by atoms with E-state index >= 15 is 0 Å². The van der Waals surface area contributed by atoms with Crippen LogP contribution >= 0.6 is 15.9 Å². The van der Waals surface area contributed by atoms with Crippen molar-refractivity contribution in [2.24, 2.45) is 16.6 Å². The topological polar surface area (TPSA) is 50.4 Å². The van der Waals surface area contributed by atoms with Gasteiger partial charge >= 0.3 is 0 Å². The maximum atomic E-state index is 5.81. The van der Waals surface area contributed by atoms with Crippen molar-refractivity contribution in [3.63, 3.8) is 0 Å². The molecule has 1 aliphatic rings. The number of aliphatic imine (C=N–C) groups is 1. The molecule has 0 atom stereocenters. The van der Waals surface area contributed by atoms with Crippen molar-refractivity contribution >= 4 is 21.9 Å². The maximum absolute atomic E-state index is 5.81. The van der Waals surface area contributed by atoms with Crippen molar-refractivity contribution in [2.75, 3.05) is 6.54 Å². The van der Waals surface area contributed by atoms with Crippen LogP contribution in [-0.2, 0) is 6.54 Å². The summed E-state index contributed by atoms with van der Waals surface area (Å²) in [5.74, 6) is 1.35. The van der Waals surface area contributed by atoms with Crippen LogP contribution in [0.1, 0.15) is 24.8 Å². The van der Waals surface area contributed by atoms with Crippen LogP contribution < -0.4 is 11.1 Å². The van der Waals surface area contributed by atoms with Crippen LogP contribution in [0.2, 0.25) is 0 Å². The number of guanidine groups is 1. The number of benzene rings is 1. The molecule has 0 saturated heterocycles. The van der Waals surface area contributed by atoms with Crippen molar-refractivity contribution in [3.8, 4) is 0 Å². The van der Waals surface area contributed by atoms with E-state index in [-0.39, 0.29) is 0 Å². The third-order valence-corrected chi connectivity index (χ3v) is 3.61. The number of nitrogens with one attached hydrogen (secondary N) is 1. The molecule has 1 aliphatic carbocycles. The van der Waals surface area contributed by atoms with Gasteiger partial charge in [-0.1, -0.05) is 34.5 Å². The van der Waals surface area contributed by atoms with Gasteiger partial charge in [-0.05, 0) is 36.5 Å². The van der Waals surface area contributed by atoms with E-state index in [0.29, 0.717) is 12.5 Å². The molecule has 0 bridgehead atoms. The molecule has 3 nitrogen and oxygen atoms in total. The molecule has 0 unspecified atom stereocenters. The Morgan fingerprint density at radius 3 is 2.94 bits per heavy atom. The van der Waals surface area contributed by atoms with Gasteiger partial charge in [0.1, 0.15) is 0 Å². The quantitative estimate of drug-likeness (QED) is 0.663. The fourth-order valence-corrected chi connectivity index (χ4v) is 2.26. The minimum Gasteiger partial charge on any atom is -0.370 e. The number of nitrogens with two attached hydrogens (primary N) is 1. The van der Waals surface area contributed by atoms with Crippen molar-refractivity contribution in [2.45, 2.75) is 25.8 Å². The van der Waals surface area contributed by atoms with Crippen molar-refractivity contribution < 1.29 is 0 Å². The molecule has 0 spiro atoms. The number of rotatable bonds is 4. The largest absolute Gasteiger partial charge is 0.370 e. The van der Waals surface area contributed by atoms with E-state index in [9.17, 15) is 0 Å². The van der Waals surface area contributed by atoms with Crippen molar-refractivity contribution in [1.29, 1.82) is 0 Å². The summed E-state index contributed by atoms with van der Waals surface area (Å²) in [6.07, 6.45) is 4.01. The molecule has 0 radical (unpaired) electrons. The summed E-state index contributed by atoms with van der Waals surface area (Å²) in [5, 5.41) is 3.19. The smallest absolute Gasteiger partial charge is 0.188 e. The zero-order chi connectivity index (χ0) is 12.1. The molecular weight excluding hydrogens is 278 g/mol.